The van der Waals surface area contributed by atoms with Crippen LogP contribution in [-0.2, 0) is 0 Å². The lowest BCUT2D eigenvalue weighted by Gasteiger charge is -1.86. The molecule has 0 N–H and O–H groups in total. The third-order valence-electron chi connectivity index (χ3n) is 1.46. The van der Waals surface area contributed by atoms with Gasteiger partial charge in [0.05, 0.1) is 4.92 Å². The fraction of sp³-hybridized carbons (Fsp3) is 0. The Morgan fingerprint density at radius 2 is 1.82 bits per heavy atom. The van der Waals surface area contributed by atoms with Crippen molar-refractivity contribution in [3.8, 4) is 12.1 Å². The van der Waals surface area contributed by atoms with E-state index in [1.54, 1.807) is 24.3 Å². The molecule has 0 aliphatic heterocycles. The number of hydrogen-bond acceptors (Lipinski definition) is 4. The van der Waals surface area contributed by atoms with Gasteiger partial charge in [0.15, 0.2) is 0 Å². The highest BCUT2D eigenvalue weighted by Gasteiger charge is 1.86. The van der Waals surface area contributed by atoms with Crippen LogP contribution in [0.3, 0.4) is 0 Å². The summed E-state index contributed by atoms with van der Waals surface area (Å²) >= 11 is 0. The van der Waals surface area contributed by atoms with Crippen LogP contribution >= 0.6 is 0 Å². The molecule has 0 aliphatic carbocycles. The van der Waals surface area contributed by atoms with Crippen molar-refractivity contribution in [2.24, 2.45) is 0 Å². The van der Waals surface area contributed by atoms with E-state index in [0.717, 1.165) is 11.8 Å². The van der Waals surface area contributed by atoms with E-state index in [-0.39, 0.29) is 5.57 Å². The van der Waals surface area contributed by atoms with E-state index < -0.39 is 4.92 Å². The molecule has 84 valence electrons. The standard InChI is InChI=1S/C8H7NO2.C4H2N2/c10-9(11)7-6-8-4-2-1-3-5-8;1-4(2-5)3-6/h1-7H;1H2. The Bertz CT molecular complexity index is 477. The molecule has 0 atom stereocenters. The van der Waals surface area contributed by atoms with Gasteiger partial charge in [-0.25, -0.2) is 0 Å². The summed E-state index contributed by atoms with van der Waals surface area (Å²) < 4.78 is 0. The maximum atomic E-state index is 9.89. The SMILES string of the molecule is C=C(C#N)C#N.O=[N+]([O-])C=Cc1ccccc1. The Kier molecular flexibility index (Phi) is 6.95. The first kappa shape index (κ1) is 14.1. The Hall–Kier alpha value is -2.92. The van der Waals surface area contributed by atoms with Crippen LogP contribution in [0.25, 0.3) is 6.08 Å². The summed E-state index contributed by atoms with van der Waals surface area (Å²) in [5, 5.41) is 25.4. The lowest BCUT2D eigenvalue weighted by atomic mass is 10.2. The highest BCUT2D eigenvalue weighted by molar-refractivity contribution is 5.47. The molecule has 1 aromatic rings. The van der Waals surface area contributed by atoms with Crippen molar-refractivity contribution in [2.75, 3.05) is 0 Å². The van der Waals surface area contributed by atoms with E-state index >= 15 is 0 Å². The molecule has 0 spiro atoms. The maximum Gasteiger partial charge on any atom is 0.235 e. The molecular formula is C12H9N3O2. The van der Waals surface area contributed by atoms with Crippen molar-refractivity contribution in [1.29, 1.82) is 10.5 Å². The largest absolute Gasteiger partial charge is 0.259 e. The smallest absolute Gasteiger partial charge is 0.235 e. The number of nitriles is 2. The number of nitro groups is 1. The monoisotopic (exact) mass is 227 g/mol. The molecule has 0 amide bonds. The highest BCUT2D eigenvalue weighted by atomic mass is 16.6. The fourth-order valence-electron chi connectivity index (χ4n) is 0.736. The molecule has 0 saturated heterocycles. The summed E-state index contributed by atoms with van der Waals surface area (Å²) in [6, 6.07) is 12.3. The summed E-state index contributed by atoms with van der Waals surface area (Å²) in [5.74, 6) is 0. The van der Waals surface area contributed by atoms with E-state index in [0.29, 0.717) is 0 Å². The minimum Gasteiger partial charge on any atom is -0.259 e. The summed E-state index contributed by atoms with van der Waals surface area (Å²) in [6.07, 6.45) is 2.38. The van der Waals surface area contributed by atoms with Gasteiger partial charge in [0.25, 0.3) is 0 Å². The van der Waals surface area contributed by atoms with E-state index in [9.17, 15) is 10.1 Å². The molecule has 0 bridgehead atoms. The van der Waals surface area contributed by atoms with E-state index in [2.05, 4.69) is 6.58 Å². The molecule has 0 radical (unpaired) electrons. The first-order valence-electron chi connectivity index (χ1n) is 4.46. The van der Waals surface area contributed by atoms with Crippen molar-refractivity contribution < 1.29 is 4.92 Å². The van der Waals surface area contributed by atoms with E-state index in [1.807, 2.05) is 18.2 Å². The first-order chi connectivity index (χ1) is 8.10. The summed E-state index contributed by atoms with van der Waals surface area (Å²) in [7, 11) is 0. The zero-order valence-electron chi connectivity index (χ0n) is 8.91. The van der Waals surface area contributed by atoms with Gasteiger partial charge in [0.1, 0.15) is 17.7 Å². The highest BCUT2D eigenvalue weighted by Crippen LogP contribution is 1.99. The van der Waals surface area contributed by atoms with Gasteiger partial charge in [0, 0.05) is 6.08 Å². The summed E-state index contributed by atoms with van der Waals surface area (Å²) in [6.45, 7) is 3.07. The Labute approximate surface area is 98.7 Å². The predicted octanol–water partition coefficient (Wildman–Crippen LogP) is 2.52. The molecule has 5 nitrogen and oxygen atoms in total. The third kappa shape index (κ3) is 8.10. The number of allylic oxidation sites excluding steroid dienone is 1. The van der Waals surface area contributed by atoms with Gasteiger partial charge in [0.2, 0.25) is 6.20 Å². The minimum absolute atomic E-state index is 0.0463. The fourth-order valence-corrected chi connectivity index (χ4v) is 0.736. The van der Waals surface area contributed by atoms with Crippen LogP contribution in [0, 0.1) is 32.8 Å². The molecule has 1 aromatic carbocycles. The van der Waals surface area contributed by atoms with E-state index in [4.69, 9.17) is 10.5 Å². The quantitative estimate of drug-likeness (QED) is 0.441. The molecule has 0 aromatic heterocycles. The summed E-state index contributed by atoms with van der Waals surface area (Å²) in [5.41, 5.74) is 0.791. The Morgan fingerprint density at radius 1 is 1.29 bits per heavy atom. The lowest BCUT2D eigenvalue weighted by Crippen LogP contribution is -1.81. The molecule has 0 fully saturated rings. The average molecular weight is 227 g/mol. The van der Waals surface area contributed by atoms with Crippen LogP contribution in [0.15, 0.2) is 48.7 Å². The van der Waals surface area contributed by atoms with Crippen molar-refractivity contribution >= 4 is 6.08 Å². The molecule has 5 heteroatoms. The van der Waals surface area contributed by atoms with Gasteiger partial charge in [-0.15, -0.1) is 0 Å². The number of rotatable bonds is 2. The second-order valence-electron chi connectivity index (χ2n) is 2.71. The van der Waals surface area contributed by atoms with Crippen LogP contribution in [0.2, 0.25) is 0 Å². The van der Waals surface area contributed by atoms with Gasteiger partial charge in [-0.3, -0.25) is 10.1 Å². The Balaban J connectivity index is 0.000000366. The maximum absolute atomic E-state index is 9.89. The van der Waals surface area contributed by atoms with Gasteiger partial charge in [-0.2, -0.15) is 10.5 Å². The molecule has 0 unspecified atom stereocenters. The molecule has 0 aliphatic rings. The van der Waals surface area contributed by atoms with Gasteiger partial charge in [-0.05, 0) is 5.56 Å². The third-order valence-corrected chi connectivity index (χ3v) is 1.46. The second-order valence-corrected chi connectivity index (χ2v) is 2.71. The van der Waals surface area contributed by atoms with Gasteiger partial charge >= 0.3 is 0 Å². The van der Waals surface area contributed by atoms with Crippen LogP contribution in [0.1, 0.15) is 5.56 Å². The van der Waals surface area contributed by atoms with Gasteiger partial charge in [-0.1, -0.05) is 36.9 Å². The first-order valence-corrected chi connectivity index (χ1v) is 4.46. The normalized spacial score (nSPS) is 8.35. The molecule has 17 heavy (non-hydrogen) atoms. The van der Waals surface area contributed by atoms with Crippen LogP contribution in [-0.4, -0.2) is 4.92 Å². The van der Waals surface area contributed by atoms with Crippen molar-refractivity contribution in [1.82, 2.24) is 0 Å². The van der Waals surface area contributed by atoms with E-state index in [1.165, 1.54) is 6.08 Å². The van der Waals surface area contributed by atoms with Crippen molar-refractivity contribution in [2.45, 2.75) is 0 Å². The molecule has 1 rings (SSSR count). The predicted molar refractivity (Wildman–Crippen MR) is 62.8 cm³/mol. The lowest BCUT2D eigenvalue weighted by molar-refractivity contribution is -0.400. The van der Waals surface area contributed by atoms with Crippen LogP contribution in [0.5, 0.6) is 0 Å². The summed E-state index contributed by atoms with van der Waals surface area (Å²) in [4.78, 5) is 9.41. The zero-order valence-corrected chi connectivity index (χ0v) is 8.91. The average Bonchev–Trinajstić information content (AvgIpc) is 2.37. The van der Waals surface area contributed by atoms with Crippen molar-refractivity contribution in [3.05, 3.63) is 64.4 Å². The zero-order chi connectivity index (χ0) is 13.1. The molecular weight excluding hydrogens is 218 g/mol. The number of nitrogens with zero attached hydrogens (tertiary/aromatic N) is 3. The molecule has 0 saturated carbocycles. The van der Waals surface area contributed by atoms with Crippen molar-refractivity contribution in [3.63, 3.8) is 0 Å². The number of hydrogen-bond donors (Lipinski definition) is 0. The number of benzene rings is 1. The van der Waals surface area contributed by atoms with Gasteiger partial charge < -0.3 is 0 Å². The molecule has 0 heterocycles. The van der Waals surface area contributed by atoms with Crippen LogP contribution in [0.4, 0.5) is 0 Å². The van der Waals surface area contributed by atoms with Crippen LogP contribution < -0.4 is 0 Å². The Morgan fingerprint density at radius 3 is 2.18 bits per heavy atom. The second kappa shape index (κ2) is 8.39. The minimum atomic E-state index is -0.479. The topological polar surface area (TPSA) is 90.7 Å².